The highest BCUT2D eigenvalue weighted by atomic mass is 35.5. The third-order valence-electron chi connectivity index (χ3n) is 4.06. The Balaban J connectivity index is 1.50. The second kappa shape index (κ2) is 7.07. The normalized spacial score (nSPS) is 16.6. The molecule has 0 radical (unpaired) electrons. The number of benzene rings is 1. The van der Waals surface area contributed by atoms with Crippen LogP contribution in [0.3, 0.4) is 0 Å². The van der Waals surface area contributed by atoms with Crippen molar-refractivity contribution < 1.29 is 4.74 Å². The number of rotatable bonds is 4. The molecular weight excluding hydrogens is 298 g/mol. The van der Waals surface area contributed by atoms with Gasteiger partial charge in [0.1, 0.15) is 6.10 Å². The van der Waals surface area contributed by atoms with Gasteiger partial charge < -0.3 is 4.74 Å². The van der Waals surface area contributed by atoms with E-state index in [1.54, 1.807) is 12.4 Å². The van der Waals surface area contributed by atoms with Crippen molar-refractivity contribution in [1.29, 1.82) is 0 Å². The van der Waals surface area contributed by atoms with Crippen LogP contribution in [0.4, 0.5) is 0 Å². The molecule has 0 bridgehead atoms. The number of aryl methyl sites for hydroxylation is 1. The van der Waals surface area contributed by atoms with Gasteiger partial charge in [-0.15, -0.1) is 0 Å². The zero-order valence-corrected chi connectivity index (χ0v) is 13.5. The lowest BCUT2D eigenvalue weighted by Crippen LogP contribution is -2.38. The molecular formula is C17H20ClN3O. The van der Waals surface area contributed by atoms with Gasteiger partial charge in [-0.3, -0.25) is 4.90 Å². The van der Waals surface area contributed by atoms with Crippen LogP contribution in [0, 0.1) is 6.92 Å². The molecule has 0 aliphatic carbocycles. The molecule has 1 aromatic carbocycles. The van der Waals surface area contributed by atoms with Crippen molar-refractivity contribution in [3.63, 3.8) is 0 Å². The van der Waals surface area contributed by atoms with Gasteiger partial charge in [0.15, 0.2) is 0 Å². The molecule has 0 saturated carbocycles. The predicted molar refractivity (Wildman–Crippen MR) is 87.1 cm³/mol. The number of aromatic nitrogens is 2. The summed E-state index contributed by atoms with van der Waals surface area (Å²) in [5.41, 5.74) is 2.76. The molecule has 0 atom stereocenters. The molecule has 5 heteroatoms. The van der Waals surface area contributed by atoms with Gasteiger partial charge in [-0.1, -0.05) is 35.9 Å². The summed E-state index contributed by atoms with van der Waals surface area (Å²) in [5.74, 6) is 0. The Labute approximate surface area is 136 Å². The van der Waals surface area contributed by atoms with Gasteiger partial charge in [-0.2, -0.15) is 0 Å². The van der Waals surface area contributed by atoms with E-state index < -0.39 is 0 Å². The Kier molecular flexibility index (Phi) is 4.90. The van der Waals surface area contributed by atoms with Crippen LogP contribution in [0.25, 0.3) is 0 Å². The van der Waals surface area contributed by atoms with Crippen LogP contribution in [0.15, 0.2) is 36.7 Å². The van der Waals surface area contributed by atoms with Gasteiger partial charge in [-0.25, -0.2) is 9.97 Å². The fourth-order valence-corrected chi connectivity index (χ4v) is 2.82. The van der Waals surface area contributed by atoms with Crippen LogP contribution in [-0.4, -0.2) is 34.1 Å². The Hall–Kier alpha value is -1.65. The molecule has 116 valence electrons. The monoisotopic (exact) mass is 317 g/mol. The van der Waals surface area contributed by atoms with Crippen molar-refractivity contribution >= 4 is 11.6 Å². The van der Waals surface area contributed by atoms with Gasteiger partial charge in [-0.05, 0) is 30.9 Å². The Bertz CT molecular complexity index is 610. The SMILES string of the molecule is Cc1ccccc1CN1CCC(Oc2ncc(Cl)cn2)CC1. The lowest BCUT2D eigenvalue weighted by Gasteiger charge is -2.31. The number of piperidine rings is 1. The van der Waals surface area contributed by atoms with E-state index in [-0.39, 0.29) is 6.10 Å². The number of ether oxygens (including phenoxy) is 1. The quantitative estimate of drug-likeness (QED) is 0.865. The van der Waals surface area contributed by atoms with Crippen LogP contribution in [0.5, 0.6) is 6.01 Å². The van der Waals surface area contributed by atoms with Crippen LogP contribution < -0.4 is 4.74 Å². The second-order valence-electron chi connectivity index (χ2n) is 5.70. The fourth-order valence-electron chi connectivity index (χ4n) is 2.72. The molecule has 1 saturated heterocycles. The van der Waals surface area contributed by atoms with E-state index in [0.29, 0.717) is 11.0 Å². The predicted octanol–water partition coefficient (Wildman–Crippen LogP) is 3.48. The first kappa shape index (κ1) is 15.3. The minimum absolute atomic E-state index is 0.189. The Morgan fingerprint density at radius 2 is 1.86 bits per heavy atom. The van der Waals surface area contributed by atoms with Gasteiger partial charge in [0, 0.05) is 19.6 Å². The largest absolute Gasteiger partial charge is 0.460 e. The van der Waals surface area contributed by atoms with Crippen LogP contribution in [0.1, 0.15) is 24.0 Å². The molecule has 22 heavy (non-hydrogen) atoms. The van der Waals surface area contributed by atoms with Gasteiger partial charge in [0.2, 0.25) is 0 Å². The third-order valence-corrected chi connectivity index (χ3v) is 4.25. The van der Waals surface area contributed by atoms with Gasteiger partial charge in [0.05, 0.1) is 17.4 Å². The van der Waals surface area contributed by atoms with Crippen molar-refractivity contribution in [2.75, 3.05) is 13.1 Å². The van der Waals surface area contributed by atoms with E-state index in [4.69, 9.17) is 16.3 Å². The van der Waals surface area contributed by atoms with Crippen LogP contribution in [-0.2, 0) is 6.54 Å². The van der Waals surface area contributed by atoms with E-state index in [0.717, 1.165) is 32.5 Å². The summed E-state index contributed by atoms with van der Waals surface area (Å²) in [4.78, 5) is 10.7. The Morgan fingerprint density at radius 3 is 2.55 bits per heavy atom. The average Bonchev–Trinajstić information content (AvgIpc) is 2.54. The average molecular weight is 318 g/mol. The smallest absolute Gasteiger partial charge is 0.316 e. The number of halogens is 1. The summed E-state index contributed by atoms with van der Waals surface area (Å²) in [7, 11) is 0. The van der Waals surface area contributed by atoms with E-state index in [9.17, 15) is 0 Å². The molecule has 2 aromatic rings. The Morgan fingerprint density at radius 1 is 1.18 bits per heavy atom. The molecule has 0 amide bonds. The lowest BCUT2D eigenvalue weighted by atomic mass is 10.0. The third kappa shape index (κ3) is 3.96. The van der Waals surface area contributed by atoms with Crippen molar-refractivity contribution in [2.24, 2.45) is 0 Å². The lowest BCUT2D eigenvalue weighted by molar-refractivity contribution is 0.0891. The first-order valence-electron chi connectivity index (χ1n) is 7.62. The van der Waals surface area contributed by atoms with E-state index in [1.807, 2.05) is 0 Å². The van der Waals surface area contributed by atoms with Crippen molar-refractivity contribution in [3.05, 3.63) is 52.8 Å². The minimum atomic E-state index is 0.189. The highest BCUT2D eigenvalue weighted by Gasteiger charge is 2.21. The van der Waals surface area contributed by atoms with E-state index in [1.165, 1.54) is 11.1 Å². The summed E-state index contributed by atoms with van der Waals surface area (Å²) in [6.07, 6.45) is 5.32. The molecule has 3 rings (SSSR count). The fraction of sp³-hybridized carbons (Fsp3) is 0.412. The van der Waals surface area contributed by atoms with E-state index in [2.05, 4.69) is 46.1 Å². The first-order chi connectivity index (χ1) is 10.7. The maximum atomic E-state index is 5.83. The standard InChI is InChI=1S/C17H20ClN3O/c1-13-4-2-3-5-14(13)12-21-8-6-16(7-9-21)22-17-19-10-15(18)11-20-17/h2-5,10-11,16H,6-9,12H2,1H3. The zero-order valence-electron chi connectivity index (χ0n) is 12.7. The van der Waals surface area contributed by atoms with Crippen LogP contribution in [0.2, 0.25) is 5.02 Å². The molecule has 2 heterocycles. The van der Waals surface area contributed by atoms with Gasteiger partial charge >= 0.3 is 6.01 Å². The summed E-state index contributed by atoms with van der Waals surface area (Å²) in [6, 6.07) is 8.99. The maximum absolute atomic E-state index is 5.83. The summed E-state index contributed by atoms with van der Waals surface area (Å²) >= 11 is 5.78. The van der Waals surface area contributed by atoms with Crippen LogP contribution >= 0.6 is 11.6 Å². The number of hydrogen-bond donors (Lipinski definition) is 0. The highest BCUT2D eigenvalue weighted by molar-refractivity contribution is 6.30. The summed E-state index contributed by atoms with van der Waals surface area (Å²) in [6.45, 7) is 5.25. The van der Waals surface area contributed by atoms with Crippen molar-refractivity contribution in [1.82, 2.24) is 14.9 Å². The topological polar surface area (TPSA) is 38.2 Å². The molecule has 1 fully saturated rings. The molecule has 1 aliphatic rings. The van der Waals surface area contributed by atoms with E-state index >= 15 is 0 Å². The summed E-state index contributed by atoms with van der Waals surface area (Å²) < 4.78 is 5.83. The molecule has 0 N–H and O–H groups in total. The molecule has 0 unspecified atom stereocenters. The molecule has 1 aliphatic heterocycles. The maximum Gasteiger partial charge on any atom is 0.316 e. The molecule has 0 spiro atoms. The first-order valence-corrected chi connectivity index (χ1v) is 7.99. The number of nitrogens with zero attached hydrogens (tertiary/aromatic N) is 3. The summed E-state index contributed by atoms with van der Waals surface area (Å²) in [5, 5.41) is 0.528. The highest BCUT2D eigenvalue weighted by Crippen LogP contribution is 2.19. The molecule has 1 aromatic heterocycles. The number of likely N-dealkylation sites (tertiary alicyclic amines) is 1. The van der Waals surface area contributed by atoms with Gasteiger partial charge in [0.25, 0.3) is 0 Å². The van der Waals surface area contributed by atoms with Crippen molar-refractivity contribution in [3.8, 4) is 6.01 Å². The zero-order chi connectivity index (χ0) is 15.4. The van der Waals surface area contributed by atoms with Crippen molar-refractivity contribution in [2.45, 2.75) is 32.4 Å². The second-order valence-corrected chi connectivity index (χ2v) is 6.14. The number of hydrogen-bond acceptors (Lipinski definition) is 4. The molecule has 4 nitrogen and oxygen atoms in total. The minimum Gasteiger partial charge on any atom is -0.460 e.